The number of nitrogens with two attached hydrogens (primary N) is 1. The summed E-state index contributed by atoms with van der Waals surface area (Å²) in [5.74, 6) is 1.01. The van der Waals surface area contributed by atoms with Gasteiger partial charge in [-0.15, -0.1) is 0 Å². The normalized spacial score (nSPS) is 18.9. The smallest absolute Gasteiger partial charge is 0.128 e. The van der Waals surface area contributed by atoms with Crippen molar-refractivity contribution in [1.29, 1.82) is 0 Å². The van der Waals surface area contributed by atoms with Crippen LogP contribution in [0.5, 0.6) is 0 Å². The van der Waals surface area contributed by atoms with Crippen LogP contribution in [0.1, 0.15) is 18.5 Å². The molecule has 1 aliphatic rings. The molecule has 2 rings (SSSR count). The number of rotatable bonds is 4. The van der Waals surface area contributed by atoms with Gasteiger partial charge in [-0.25, -0.2) is 4.98 Å². The maximum atomic E-state index is 8.92. The second kappa shape index (κ2) is 6.13. The Labute approximate surface area is 108 Å². The number of aliphatic hydroxyl groups is 1. The lowest BCUT2D eigenvalue weighted by Crippen LogP contribution is -2.47. The number of pyridine rings is 1. The molecule has 0 amide bonds. The van der Waals surface area contributed by atoms with Crippen molar-refractivity contribution in [3.8, 4) is 0 Å². The summed E-state index contributed by atoms with van der Waals surface area (Å²) in [5.41, 5.74) is 7.01. The average molecular weight is 250 g/mol. The Morgan fingerprint density at radius 3 is 2.72 bits per heavy atom. The molecule has 5 nitrogen and oxygen atoms in total. The van der Waals surface area contributed by atoms with Gasteiger partial charge in [-0.3, -0.25) is 4.90 Å². The minimum atomic E-state index is 0.0439. The van der Waals surface area contributed by atoms with Gasteiger partial charge >= 0.3 is 0 Å². The number of β-amino-alcohol motifs (C(OH)–C–C–N with tert-alkyl or cyclic N) is 1. The Kier molecular flexibility index (Phi) is 4.52. The molecule has 0 spiro atoms. The Hall–Kier alpha value is -1.17. The van der Waals surface area contributed by atoms with Crippen molar-refractivity contribution in [2.24, 2.45) is 5.73 Å². The summed E-state index contributed by atoms with van der Waals surface area (Å²) in [6.07, 6.45) is 1.83. The summed E-state index contributed by atoms with van der Waals surface area (Å²) in [6, 6.07) is 4.09. The molecule has 100 valence electrons. The summed E-state index contributed by atoms with van der Waals surface area (Å²) < 4.78 is 0. The van der Waals surface area contributed by atoms with Gasteiger partial charge in [0, 0.05) is 45.0 Å². The van der Waals surface area contributed by atoms with Crippen LogP contribution in [0.2, 0.25) is 0 Å². The van der Waals surface area contributed by atoms with E-state index in [-0.39, 0.29) is 12.6 Å². The van der Waals surface area contributed by atoms with Crippen LogP contribution in [0.3, 0.4) is 0 Å². The van der Waals surface area contributed by atoms with Crippen molar-refractivity contribution >= 4 is 5.82 Å². The molecule has 1 aliphatic heterocycles. The van der Waals surface area contributed by atoms with Crippen LogP contribution >= 0.6 is 0 Å². The minimum Gasteiger partial charge on any atom is -0.395 e. The molecular weight excluding hydrogens is 228 g/mol. The molecule has 0 aromatic carbocycles. The van der Waals surface area contributed by atoms with E-state index in [1.807, 2.05) is 19.2 Å². The predicted molar refractivity (Wildman–Crippen MR) is 72.6 cm³/mol. The maximum Gasteiger partial charge on any atom is 0.128 e. The van der Waals surface area contributed by atoms with Crippen molar-refractivity contribution in [2.45, 2.75) is 13.0 Å². The van der Waals surface area contributed by atoms with Crippen molar-refractivity contribution in [1.82, 2.24) is 9.88 Å². The number of aromatic nitrogens is 1. The third kappa shape index (κ3) is 3.19. The highest BCUT2D eigenvalue weighted by Gasteiger charge is 2.17. The van der Waals surface area contributed by atoms with E-state index in [9.17, 15) is 0 Å². The van der Waals surface area contributed by atoms with Gasteiger partial charge in [-0.05, 0) is 24.6 Å². The summed E-state index contributed by atoms with van der Waals surface area (Å²) >= 11 is 0. The third-order valence-electron chi connectivity index (χ3n) is 3.41. The number of hydrogen-bond donors (Lipinski definition) is 2. The fourth-order valence-corrected chi connectivity index (χ4v) is 2.23. The molecule has 1 aromatic heterocycles. The van der Waals surface area contributed by atoms with Gasteiger partial charge in [0.25, 0.3) is 0 Å². The highest BCUT2D eigenvalue weighted by atomic mass is 16.3. The Balaban J connectivity index is 1.98. The van der Waals surface area contributed by atoms with E-state index >= 15 is 0 Å². The molecule has 1 aromatic rings. The van der Waals surface area contributed by atoms with E-state index in [0.717, 1.165) is 44.1 Å². The molecule has 1 atom stereocenters. The second-order valence-electron chi connectivity index (χ2n) is 4.79. The minimum absolute atomic E-state index is 0.0439. The van der Waals surface area contributed by atoms with Crippen LogP contribution in [0.25, 0.3) is 0 Å². The van der Waals surface area contributed by atoms with E-state index in [2.05, 4.69) is 20.9 Å². The molecule has 5 heteroatoms. The molecule has 0 saturated carbocycles. The lowest BCUT2D eigenvalue weighted by Gasteiger charge is -2.35. The topological polar surface area (TPSA) is 65.6 Å². The Morgan fingerprint density at radius 1 is 1.39 bits per heavy atom. The SMILES string of the molecule is CC(N)c1ccnc(N2CCN(CCO)CC2)c1. The number of piperazine rings is 1. The standard InChI is InChI=1S/C13H22N4O/c1-11(14)12-2-3-15-13(10-12)17-6-4-16(5-7-17)8-9-18/h2-3,10-11,18H,4-9,14H2,1H3. The van der Waals surface area contributed by atoms with Gasteiger partial charge in [-0.2, -0.15) is 0 Å². The van der Waals surface area contributed by atoms with E-state index in [1.165, 1.54) is 0 Å². The van der Waals surface area contributed by atoms with Gasteiger partial charge in [-0.1, -0.05) is 0 Å². The van der Waals surface area contributed by atoms with Crippen molar-refractivity contribution in [3.63, 3.8) is 0 Å². The third-order valence-corrected chi connectivity index (χ3v) is 3.41. The molecule has 1 unspecified atom stereocenters. The molecule has 0 aliphatic carbocycles. The predicted octanol–water partition coefficient (Wildman–Crippen LogP) is 0.216. The summed E-state index contributed by atoms with van der Waals surface area (Å²) in [6.45, 7) is 6.85. The van der Waals surface area contributed by atoms with Gasteiger partial charge in [0.1, 0.15) is 5.82 Å². The van der Waals surface area contributed by atoms with E-state index < -0.39 is 0 Å². The largest absolute Gasteiger partial charge is 0.395 e. The quantitative estimate of drug-likeness (QED) is 0.800. The van der Waals surface area contributed by atoms with Gasteiger partial charge in [0.2, 0.25) is 0 Å². The molecule has 2 heterocycles. The van der Waals surface area contributed by atoms with Crippen LogP contribution in [0.15, 0.2) is 18.3 Å². The first-order valence-corrected chi connectivity index (χ1v) is 6.50. The molecule has 0 radical (unpaired) electrons. The van der Waals surface area contributed by atoms with Crippen LogP contribution in [-0.4, -0.2) is 54.3 Å². The van der Waals surface area contributed by atoms with E-state index in [1.54, 1.807) is 0 Å². The highest BCUT2D eigenvalue weighted by Crippen LogP contribution is 2.18. The second-order valence-corrected chi connectivity index (χ2v) is 4.79. The average Bonchev–Trinajstić information content (AvgIpc) is 2.40. The zero-order chi connectivity index (χ0) is 13.0. The van der Waals surface area contributed by atoms with Crippen LogP contribution in [-0.2, 0) is 0 Å². The van der Waals surface area contributed by atoms with Crippen LogP contribution in [0, 0.1) is 0 Å². The van der Waals surface area contributed by atoms with Crippen molar-refractivity contribution in [3.05, 3.63) is 23.9 Å². The van der Waals surface area contributed by atoms with E-state index in [0.29, 0.717) is 0 Å². The van der Waals surface area contributed by atoms with Crippen molar-refractivity contribution in [2.75, 3.05) is 44.2 Å². The van der Waals surface area contributed by atoms with E-state index in [4.69, 9.17) is 10.8 Å². The number of nitrogens with zero attached hydrogens (tertiary/aromatic N) is 3. The summed E-state index contributed by atoms with van der Waals surface area (Å²) in [4.78, 5) is 8.97. The molecule has 18 heavy (non-hydrogen) atoms. The first-order chi connectivity index (χ1) is 8.70. The monoisotopic (exact) mass is 250 g/mol. The first kappa shape index (κ1) is 13.3. The fourth-order valence-electron chi connectivity index (χ4n) is 2.23. The lowest BCUT2D eigenvalue weighted by atomic mass is 10.1. The molecule has 3 N–H and O–H groups in total. The number of aliphatic hydroxyl groups excluding tert-OH is 1. The lowest BCUT2D eigenvalue weighted by molar-refractivity contribution is 0.188. The molecular formula is C13H22N4O. The van der Waals surface area contributed by atoms with Gasteiger partial charge in [0.15, 0.2) is 0 Å². The Bertz CT molecular complexity index is 375. The number of hydrogen-bond acceptors (Lipinski definition) is 5. The molecule has 1 fully saturated rings. The zero-order valence-electron chi connectivity index (χ0n) is 10.9. The zero-order valence-corrected chi connectivity index (χ0v) is 10.9. The Morgan fingerprint density at radius 2 is 2.11 bits per heavy atom. The molecule has 1 saturated heterocycles. The molecule has 0 bridgehead atoms. The summed E-state index contributed by atoms with van der Waals surface area (Å²) in [5, 5.41) is 8.92. The van der Waals surface area contributed by atoms with Crippen LogP contribution < -0.4 is 10.6 Å². The number of anilines is 1. The van der Waals surface area contributed by atoms with Gasteiger partial charge < -0.3 is 15.7 Å². The summed E-state index contributed by atoms with van der Waals surface area (Å²) in [7, 11) is 0. The van der Waals surface area contributed by atoms with Gasteiger partial charge in [0.05, 0.1) is 6.61 Å². The van der Waals surface area contributed by atoms with Crippen LogP contribution in [0.4, 0.5) is 5.82 Å². The first-order valence-electron chi connectivity index (χ1n) is 6.50. The highest BCUT2D eigenvalue weighted by molar-refractivity contribution is 5.42. The van der Waals surface area contributed by atoms with Crippen molar-refractivity contribution < 1.29 is 5.11 Å². The fraction of sp³-hybridized carbons (Fsp3) is 0.615. The maximum absolute atomic E-state index is 8.92.